The summed E-state index contributed by atoms with van der Waals surface area (Å²) in [6.45, 7) is 2.99. The van der Waals surface area contributed by atoms with E-state index in [2.05, 4.69) is 15.2 Å². The van der Waals surface area contributed by atoms with Gasteiger partial charge < -0.3 is 14.4 Å². The number of likely N-dealkylation sites (tertiary alicyclic amines) is 1. The van der Waals surface area contributed by atoms with Crippen LogP contribution >= 0.6 is 0 Å². The van der Waals surface area contributed by atoms with Crippen LogP contribution in [0.4, 0.5) is 0 Å². The van der Waals surface area contributed by atoms with Crippen LogP contribution in [0.5, 0.6) is 5.75 Å². The van der Waals surface area contributed by atoms with Crippen molar-refractivity contribution < 1.29 is 14.3 Å². The molecule has 0 aliphatic carbocycles. The van der Waals surface area contributed by atoms with E-state index in [-0.39, 0.29) is 11.5 Å². The van der Waals surface area contributed by atoms with E-state index in [9.17, 15) is 4.79 Å². The summed E-state index contributed by atoms with van der Waals surface area (Å²) in [6, 6.07) is 5.50. The molecule has 1 N–H and O–H groups in total. The number of aromatic nitrogens is 3. The molecule has 0 aromatic carbocycles. The normalized spacial score (nSPS) is 21.9. The van der Waals surface area contributed by atoms with Crippen molar-refractivity contribution in [3.05, 3.63) is 42.5 Å². The minimum Gasteiger partial charge on any atom is -0.493 e. The zero-order valence-electron chi connectivity index (χ0n) is 15.5. The number of pyridine rings is 1. The Balaban J connectivity index is 1.26. The second kappa shape index (κ2) is 8.08. The maximum Gasteiger partial charge on any atom is 0.271 e. The molecule has 1 spiro atoms. The van der Waals surface area contributed by atoms with E-state index >= 15 is 0 Å². The lowest BCUT2D eigenvalue weighted by Gasteiger charge is -2.46. The summed E-state index contributed by atoms with van der Waals surface area (Å²) < 4.78 is 12.0. The van der Waals surface area contributed by atoms with Gasteiger partial charge in [0, 0.05) is 38.3 Å². The first-order chi connectivity index (χ1) is 13.2. The van der Waals surface area contributed by atoms with E-state index in [0.717, 1.165) is 64.2 Å². The van der Waals surface area contributed by atoms with E-state index in [1.54, 1.807) is 24.7 Å². The van der Waals surface area contributed by atoms with Gasteiger partial charge in [0.25, 0.3) is 5.91 Å². The third-order valence-corrected chi connectivity index (χ3v) is 5.73. The third-order valence-electron chi connectivity index (χ3n) is 5.73. The number of hydrogen-bond acceptors (Lipinski definition) is 5. The van der Waals surface area contributed by atoms with E-state index in [4.69, 9.17) is 9.47 Å². The van der Waals surface area contributed by atoms with E-state index in [1.165, 1.54) is 0 Å². The lowest BCUT2D eigenvalue weighted by atomic mass is 9.78. The number of hydrogen-bond donors (Lipinski definition) is 1. The Labute approximate surface area is 159 Å². The summed E-state index contributed by atoms with van der Waals surface area (Å²) >= 11 is 0. The number of carbonyl (C=O) groups excluding carboxylic acids is 1. The Hall–Kier alpha value is -2.41. The van der Waals surface area contributed by atoms with Crippen molar-refractivity contribution in [2.75, 3.05) is 26.3 Å². The van der Waals surface area contributed by atoms with Gasteiger partial charge in [0.1, 0.15) is 11.4 Å². The minimum atomic E-state index is -0.0790. The number of carbonyl (C=O) groups is 1. The number of ether oxygens (including phenoxy) is 2. The highest BCUT2D eigenvalue weighted by Crippen LogP contribution is 2.39. The lowest BCUT2D eigenvalue weighted by molar-refractivity contribution is -0.125. The van der Waals surface area contributed by atoms with Crippen molar-refractivity contribution in [3.63, 3.8) is 0 Å². The van der Waals surface area contributed by atoms with Crippen molar-refractivity contribution in [3.8, 4) is 5.75 Å². The van der Waals surface area contributed by atoms with Crippen molar-refractivity contribution in [2.24, 2.45) is 5.92 Å². The predicted octanol–water partition coefficient (Wildman–Crippen LogP) is 2.68. The molecule has 2 aromatic rings. The SMILES string of the molecule is O=C(c1ccn[nH]1)N1CCC2(CC1)CC(CCOc1ccncc1)CCO2. The molecular weight excluding hydrogens is 344 g/mol. The van der Waals surface area contributed by atoms with Crippen LogP contribution in [0.1, 0.15) is 42.6 Å². The topological polar surface area (TPSA) is 80.3 Å². The number of rotatable bonds is 5. The van der Waals surface area contributed by atoms with Gasteiger partial charge in [0.2, 0.25) is 0 Å². The molecule has 2 aromatic heterocycles. The average Bonchev–Trinajstić information content (AvgIpc) is 3.24. The maximum atomic E-state index is 12.5. The second-order valence-corrected chi connectivity index (χ2v) is 7.47. The monoisotopic (exact) mass is 370 g/mol. The highest BCUT2D eigenvalue weighted by Gasteiger charge is 2.41. The number of amides is 1. The van der Waals surface area contributed by atoms with Crippen LogP contribution in [0.3, 0.4) is 0 Å². The molecule has 2 aliphatic heterocycles. The number of nitrogens with one attached hydrogen (secondary N) is 1. The molecule has 4 rings (SSSR count). The largest absolute Gasteiger partial charge is 0.493 e. The number of nitrogens with zero attached hydrogens (tertiary/aromatic N) is 3. The van der Waals surface area contributed by atoms with Gasteiger partial charge in [-0.25, -0.2) is 0 Å². The lowest BCUT2D eigenvalue weighted by Crippen LogP contribution is -2.51. The fourth-order valence-corrected chi connectivity index (χ4v) is 4.16. The maximum absolute atomic E-state index is 12.5. The van der Waals surface area contributed by atoms with E-state index in [0.29, 0.717) is 11.6 Å². The molecular formula is C20H26N4O3. The van der Waals surface area contributed by atoms with Crippen molar-refractivity contribution in [1.29, 1.82) is 0 Å². The fraction of sp³-hybridized carbons (Fsp3) is 0.550. The van der Waals surface area contributed by atoms with Gasteiger partial charge in [-0.3, -0.25) is 14.9 Å². The van der Waals surface area contributed by atoms with Gasteiger partial charge in [-0.05, 0) is 56.2 Å². The Bertz CT molecular complexity index is 727. The third kappa shape index (κ3) is 4.30. The molecule has 0 saturated carbocycles. The summed E-state index contributed by atoms with van der Waals surface area (Å²) in [5.74, 6) is 1.51. The van der Waals surface area contributed by atoms with Crippen LogP contribution in [0.25, 0.3) is 0 Å². The minimum absolute atomic E-state index is 0.0282. The predicted molar refractivity (Wildman–Crippen MR) is 99.5 cm³/mol. The van der Waals surface area contributed by atoms with Gasteiger partial charge in [-0.15, -0.1) is 0 Å². The number of aromatic amines is 1. The van der Waals surface area contributed by atoms with Crippen LogP contribution in [-0.2, 0) is 4.74 Å². The molecule has 2 aliphatic rings. The highest BCUT2D eigenvalue weighted by molar-refractivity contribution is 5.92. The van der Waals surface area contributed by atoms with Crippen LogP contribution < -0.4 is 4.74 Å². The Kier molecular flexibility index (Phi) is 5.38. The van der Waals surface area contributed by atoms with Crippen LogP contribution in [0.15, 0.2) is 36.8 Å². The zero-order chi connectivity index (χ0) is 18.5. The van der Waals surface area contributed by atoms with Crippen LogP contribution in [-0.4, -0.2) is 57.9 Å². The van der Waals surface area contributed by atoms with Gasteiger partial charge in [0.15, 0.2) is 0 Å². The molecule has 1 unspecified atom stereocenters. The Morgan fingerprint density at radius 3 is 2.81 bits per heavy atom. The molecule has 4 heterocycles. The average molecular weight is 370 g/mol. The molecule has 0 bridgehead atoms. The summed E-state index contributed by atoms with van der Waals surface area (Å²) in [6.07, 6.45) is 10.1. The number of H-pyrrole nitrogens is 1. The molecule has 2 saturated heterocycles. The van der Waals surface area contributed by atoms with Crippen molar-refractivity contribution >= 4 is 5.91 Å². The molecule has 144 valence electrons. The van der Waals surface area contributed by atoms with Crippen molar-refractivity contribution in [1.82, 2.24) is 20.1 Å². The number of piperidine rings is 1. The zero-order valence-corrected chi connectivity index (χ0v) is 15.5. The molecule has 7 nitrogen and oxygen atoms in total. The summed E-state index contributed by atoms with van der Waals surface area (Å²) in [4.78, 5) is 18.4. The Morgan fingerprint density at radius 1 is 1.26 bits per heavy atom. The fourth-order valence-electron chi connectivity index (χ4n) is 4.16. The van der Waals surface area contributed by atoms with E-state index in [1.807, 2.05) is 17.0 Å². The summed E-state index contributed by atoms with van der Waals surface area (Å²) in [5, 5.41) is 6.63. The molecule has 7 heteroatoms. The molecule has 2 fully saturated rings. The molecule has 1 amide bonds. The van der Waals surface area contributed by atoms with Gasteiger partial charge in [-0.2, -0.15) is 5.10 Å². The Morgan fingerprint density at radius 2 is 2.07 bits per heavy atom. The molecule has 27 heavy (non-hydrogen) atoms. The van der Waals surface area contributed by atoms with Crippen LogP contribution in [0, 0.1) is 5.92 Å². The molecule has 1 atom stereocenters. The standard InChI is InChI=1S/C20H26N4O3/c25-19(18-3-10-22-23-18)24-11-6-20(7-12-24)15-16(5-14-27-20)4-13-26-17-1-8-21-9-2-17/h1-3,8-10,16H,4-7,11-15H2,(H,22,23). The van der Waals surface area contributed by atoms with Crippen LogP contribution in [0.2, 0.25) is 0 Å². The van der Waals surface area contributed by atoms with Gasteiger partial charge in [0.05, 0.1) is 12.2 Å². The first-order valence-corrected chi connectivity index (χ1v) is 9.70. The molecule has 0 radical (unpaired) electrons. The smallest absolute Gasteiger partial charge is 0.271 e. The quantitative estimate of drug-likeness (QED) is 0.875. The first kappa shape index (κ1) is 18.0. The highest BCUT2D eigenvalue weighted by atomic mass is 16.5. The van der Waals surface area contributed by atoms with Gasteiger partial charge in [-0.1, -0.05) is 0 Å². The van der Waals surface area contributed by atoms with Gasteiger partial charge >= 0.3 is 0 Å². The second-order valence-electron chi connectivity index (χ2n) is 7.47. The van der Waals surface area contributed by atoms with Crippen molar-refractivity contribution in [2.45, 2.75) is 37.7 Å². The summed E-state index contributed by atoms with van der Waals surface area (Å²) in [5.41, 5.74) is 0.478. The van der Waals surface area contributed by atoms with E-state index < -0.39 is 0 Å². The summed E-state index contributed by atoms with van der Waals surface area (Å²) in [7, 11) is 0. The first-order valence-electron chi connectivity index (χ1n) is 9.70.